The first-order chi connectivity index (χ1) is 8.67. The van der Waals surface area contributed by atoms with Gasteiger partial charge in [-0.1, -0.05) is 6.08 Å². The van der Waals surface area contributed by atoms with Gasteiger partial charge >= 0.3 is 5.97 Å². The molecular formula is C13H14N2O3. The third kappa shape index (κ3) is 2.11. The lowest BCUT2D eigenvalue weighted by molar-refractivity contribution is -0.117. The van der Waals surface area contributed by atoms with Gasteiger partial charge in [-0.05, 0) is 6.07 Å². The monoisotopic (exact) mass is 246 g/mol. The van der Waals surface area contributed by atoms with E-state index in [0.717, 1.165) is 0 Å². The number of methoxy groups -OCH3 is 1. The molecule has 18 heavy (non-hydrogen) atoms. The Morgan fingerprint density at radius 3 is 3.06 bits per heavy atom. The summed E-state index contributed by atoms with van der Waals surface area (Å²) in [5, 5.41) is 0. The van der Waals surface area contributed by atoms with Crippen LogP contribution in [0.25, 0.3) is 0 Å². The first kappa shape index (κ1) is 12.3. The second-order valence-electron chi connectivity index (χ2n) is 4.09. The predicted octanol–water partition coefficient (Wildman–Crippen LogP) is 1.41. The zero-order valence-corrected chi connectivity index (χ0v) is 10.1. The molecule has 0 aromatic carbocycles. The smallest absolute Gasteiger partial charge is 0.340 e. The Labute approximate surface area is 105 Å². The first-order valence-electron chi connectivity index (χ1n) is 5.62. The number of nitrogens with zero attached hydrogens (tertiary/aromatic N) is 2. The van der Waals surface area contributed by atoms with E-state index < -0.39 is 5.97 Å². The number of ether oxygens (including phenoxy) is 1. The lowest BCUT2D eigenvalue weighted by Crippen LogP contribution is -2.26. The van der Waals surface area contributed by atoms with Crippen LogP contribution >= 0.6 is 0 Å². The maximum absolute atomic E-state index is 11.9. The van der Waals surface area contributed by atoms with Gasteiger partial charge in [-0.3, -0.25) is 9.78 Å². The van der Waals surface area contributed by atoms with Crippen molar-refractivity contribution in [3.05, 3.63) is 36.7 Å². The summed E-state index contributed by atoms with van der Waals surface area (Å²) in [5.41, 5.74) is 0.851. The summed E-state index contributed by atoms with van der Waals surface area (Å²) in [7, 11) is 1.31. The van der Waals surface area contributed by atoms with Gasteiger partial charge in [0.15, 0.2) is 0 Å². The number of pyridine rings is 1. The van der Waals surface area contributed by atoms with Crippen LogP contribution in [0.15, 0.2) is 31.1 Å². The van der Waals surface area contributed by atoms with Gasteiger partial charge < -0.3 is 9.64 Å². The normalized spacial score (nSPS) is 18.8. The number of carbonyl (C=O) groups is 2. The Balaban J connectivity index is 2.36. The average molecular weight is 246 g/mol. The first-order valence-corrected chi connectivity index (χ1v) is 5.62. The van der Waals surface area contributed by atoms with E-state index in [1.807, 2.05) is 0 Å². The highest BCUT2D eigenvalue weighted by Gasteiger charge is 2.31. The summed E-state index contributed by atoms with van der Waals surface area (Å²) in [6, 6.07) is 1.55. The molecule has 94 valence electrons. The fourth-order valence-corrected chi connectivity index (χ4v) is 2.01. The minimum Gasteiger partial charge on any atom is -0.465 e. The summed E-state index contributed by atoms with van der Waals surface area (Å²) in [5.74, 6) is -0.386. The largest absolute Gasteiger partial charge is 0.465 e. The number of aromatic nitrogens is 1. The van der Waals surface area contributed by atoms with E-state index in [-0.39, 0.29) is 11.8 Å². The molecule has 0 bridgehead atoms. The van der Waals surface area contributed by atoms with Crippen LogP contribution in [0.1, 0.15) is 16.8 Å². The molecule has 0 N–H and O–H groups in total. The van der Waals surface area contributed by atoms with Crippen molar-refractivity contribution in [2.45, 2.75) is 6.42 Å². The second kappa shape index (κ2) is 5.00. The van der Waals surface area contributed by atoms with Gasteiger partial charge in [-0.2, -0.15) is 0 Å². The molecule has 0 aliphatic carbocycles. The third-order valence-corrected chi connectivity index (χ3v) is 2.98. The molecule has 0 radical (unpaired) electrons. The number of anilines is 1. The van der Waals surface area contributed by atoms with Crippen LogP contribution in [0.3, 0.4) is 0 Å². The zero-order valence-electron chi connectivity index (χ0n) is 10.1. The van der Waals surface area contributed by atoms with Crippen molar-refractivity contribution < 1.29 is 14.3 Å². The summed E-state index contributed by atoms with van der Waals surface area (Å²) in [6.07, 6.45) is 5.18. The van der Waals surface area contributed by atoms with Crippen molar-refractivity contribution in [3.8, 4) is 0 Å². The van der Waals surface area contributed by atoms with Gasteiger partial charge in [0.2, 0.25) is 5.91 Å². The average Bonchev–Trinajstić information content (AvgIpc) is 2.79. The van der Waals surface area contributed by atoms with Crippen LogP contribution in [0, 0.1) is 5.92 Å². The Kier molecular flexibility index (Phi) is 3.41. The molecule has 1 aromatic rings. The van der Waals surface area contributed by atoms with Crippen LogP contribution < -0.4 is 4.90 Å². The fourth-order valence-electron chi connectivity index (χ4n) is 2.01. The standard InChI is InChI=1S/C13H14N2O3/c1-3-9-6-12(16)15(8-9)11-7-14-5-4-10(11)13(17)18-2/h3-5,7,9H,1,6,8H2,2H3. The van der Waals surface area contributed by atoms with E-state index in [1.54, 1.807) is 17.0 Å². The number of hydrogen-bond donors (Lipinski definition) is 0. The molecule has 1 fully saturated rings. The Hall–Kier alpha value is -2.17. The van der Waals surface area contributed by atoms with Crippen LogP contribution in [0.5, 0.6) is 0 Å². The summed E-state index contributed by atoms with van der Waals surface area (Å²) < 4.78 is 4.70. The van der Waals surface area contributed by atoms with Crippen molar-refractivity contribution in [1.82, 2.24) is 4.98 Å². The molecule has 0 spiro atoms. The van der Waals surface area contributed by atoms with Gasteiger partial charge in [0.25, 0.3) is 0 Å². The number of amides is 1. The lowest BCUT2D eigenvalue weighted by atomic mass is 10.1. The zero-order chi connectivity index (χ0) is 13.1. The molecule has 0 saturated carbocycles. The van der Waals surface area contributed by atoms with E-state index in [0.29, 0.717) is 24.2 Å². The van der Waals surface area contributed by atoms with Gasteiger partial charge in [0, 0.05) is 25.1 Å². The van der Waals surface area contributed by atoms with E-state index >= 15 is 0 Å². The topological polar surface area (TPSA) is 59.5 Å². The van der Waals surface area contributed by atoms with Crippen LogP contribution in [-0.2, 0) is 9.53 Å². The molecule has 1 unspecified atom stereocenters. The minimum atomic E-state index is -0.470. The van der Waals surface area contributed by atoms with Crippen molar-refractivity contribution in [2.75, 3.05) is 18.6 Å². The molecule has 1 aliphatic heterocycles. The summed E-state index contributed by atoms with van der Waals surface area (Å²) in [4.78, 5) is 29.1. The van der Waals surface area contributed by atoms with Crippen molar-refractivity contribution >= 4 is 17.6 Å². The van der Waals surface area contributed by atoms with Gasteiger partial charge in [-0.15, -0.1) is 6.58 Å². The molecule has 1 atom stereocenters. The molecule has 1 amide bonds. The van der Waals surface area contributed by atoms with Crippen molar-refractivity contribution in [2.24, 2.45) is 5.92 Å². The lowest BCUT2D eigenvalue weighted by Gasteiger charge is -2.18. The molecule has 5 heteroatoms. The highest BCUT2D eigenvalue weighted by molar-refractivity contribution is 6.03. The van der Waals surface area contributed by atoms with Crippen LogP contribution in [0.2, 0.25) is 0 Å². The van der Waals surface area contributed by atoms with E-state index in [4.69, 9.17) is 4.74 Å². The predicted molar refractivity (Wildman–Crippen MR) is 66.2 cm³/mol. The molecule has 2 heterocycles. The van der Waals surface area contributed by atoms with Crippen LogP contribution in [-0.4, -0.2) is 30.5 Å². The minimum absolute atomic E-state index is 0.0296. The van der Waals surface area contributed by atoms with Crippen molar-refractivity contribution in [3.63, 3.8) is 0 Å². The maximum atomic E-state index is 11.9. The highest BCUT2D eigenvalue weighted by Crippen LogP contribution is 2.28. The van der Waals surface area contributed by atoms with E-state index in [2.05, 4.69) is 11.6 Å². The molecule has 5 nitrogen and oxygen atoms in total. The van der Waals surface area contributed by atoms with Gasteiger partial charge in [0.05, 0.1) is 24.6 Å². The SMILES string of the molecule is C=CC1CC(=O)N(c2cnccc2C(=O)OC)C1. The highest BCUT2D eigenvalue weighted by atomic mass is 16.5. The Bertz CT molecular complexity index is 499. The second-order valence-corrected chi connectivity index (χ2v) is 4.09. The van der Waals surface area contributed by atoms with Gasteiger partial charge in [0.1, 0.15) is 0 Å². The molecular weight excluding hydrogens is 232 g/mol. The number of esters is 1. The summed E-state index contributed by atoms with van der Waals surface area (Å²) >= 11 is 0. The third-order valence-electron chi connectivity index (χ3n) is 2.98. The van der Waals surface area contributed by atoms with Crippen molar-refractivity contribution in [1.29, 1.82) is 0 Å². The molecule has 1 saturated heterocycles. The summed E-state index contributed by atoms with van der Waals surface area (Å²) in [6.45, 7) is 4.22. The Morgan fingerprint density at radius 1 is 1.67 bits per heavy atom. The van der Waals surface area contributed by atoms with Crippen LogP contribution in [0.4, 0.5) is 5.69 Å². The number of rotatable bonds is 3. The maximum Gasteiger partial charge on any atom is 0.340 e. The molecule has 1 aromatic heterocycles. The number of hydrogen-bond acceptors (Lipinski definition) is 4. The molecule has 2 rings (SSSR count). The quantitative estimate of drug-likeness (QED) is 0.597. The van der Waals surface area contributed by atoms with Gasteiger partial charge in [-0.25, -0.2) is 4.79 Å². The van der Waals surface area contributed by atoms with E-state index in [9.17, 15) is 9.59 Å². The fraction of sp³-hybridized carbons (Fsp3) is 0.308. The molecule has 1 aliphatic rings. The number of carbonyl (C=O) groups excluding carboxylic acids is 2. The Morgan fingerprint density at radius 2 is 2.44 bits per heavy atom. The van der Waals surface area contributed by atoms with E-state index in [1.165, 1.54) is 19.5 Å².